The van der Waals surface area contributed by atoms with Crippen molar-refractivity contribution in [3.63, 3.8) is 0 Å². The van der Waals surface area contributed by atoms with E-state index in [-0.39, 0.29) is 5.76 Å². The summed E-state index contributed by atoms with van der Waals surface area (Å²) in [7, 11) is 1.26. The highest BCUT2D eigenvalue weighted by Crippen LogP contribution is 2.00. The Morgan fingerprint density at radius 1 is 1.57 bits per heavy atom. The number of nitrogens with one attached hydrogen (secondary N) is 1. The fourth-order valence-electron chi connectivity index (χ4n) is 0.911. The zero-order valence-electron chi connectivity index (χ0n) is 7.94. The number of carbonyl (C=O) groups is 2. The van der Waals surface area contributed by atoms with Gasteiger partial charge in [0.1, 0.15) is 6.04 Å². The summed E-state index contributed by atoms with van der Waals surface area (Å²) < 4.78 is 9.29. The first-order valence-electron chi connectivity index (χ1n) is 4.07. The van der Waals surface area contributed by atoms with Gasteiger partial charge in [0.15, 0.2) is 5.76 Å². The lowest BCUT2D eigenvalue weighted by Crippen LogP contribution is -2.38. The molecular formula is C9H11NO4. The third-order valence-corrected chi connectivity index (χ3v) is 1.65. The van der Waals surface area contributed by atoms with E-state index < -0.39 is 17.9 Å². The largest absolute Gasteiger partial charge is 0.467 e. The van der Waals surface area contributed by atoms with Crippen LogP contribution in [0.1, 0.15) is 17.5 Å². The van der Waals surface area contributed by atoms with Crippen LogP contribution >= 0.6 is 0 Å². The average molecular weight is 197 g/mol. The van der Waals surface area contributed by atoms with Crippen LogP contribution in [0.4, 0.5) is 0 Å². The average Bonchev–Trinajstić information content (AvgIpc) is 2.69. The first kappa shape index (κ1) is 10.3. The van der Waals surface area contributed by atoms with Gasteiger partial charge in [-0.05, 0) is 19.1 Å². The topological polar surface area (TPSA) is 68.5 Å². The van der Waals surface area contributed by atoms with Crippen molar-refractivity contribution in [1.82, 2.24) is 5.32 Å². The second kappa shape index (κ2) is 4.45. The van der Waals surface area contributed by atoms with Crippen molar-refractivity contribution in [1.29, 1.82) is 0 Å². The van der Waals surface area contributed by atoms with E-state index in [1.54, 1.807) is 6.07 Å². The molecule has 14 heavy (non-hydrogen) atoms. The molecule has 1 aromatic rings. The van der Waals surface area contributed by atoms with Crippen molar-refractivity contribution in [2.75, 3.05) is 7.11 Å². The molecule has 0 aliphatic rings. The molecule has 0 aliphatic carbocycles. The molecule has 0 aromatic carbocycles. The van der Waals surface area contributed by atoms with Crippen LogP contribution in [0.5, 0.6) is 0 Å². The molecule has 0 unspecified atom stereocenters. The van der Waals surface area contributed by atoms with Crippen LogP contribution in [-0.2, 0) is 9.53 Å². The van der Waals surface area contributed by atoms with Crippen LogP contribution in [0.15, 0.2) is 22.8 Å². The number of esters is 1. The first-order chi connectivity index (χ1) is 6.65. The van der Waals surface area contributed by atoms with Crippen molar-refractivity contribution in [3.05, 3.63) is 24.2 Å². The van der Waals surface area contributed by atoms with Crippen LogP contribution < -0.4 is 5.32 Å². The molecule has 1 amide bonds. The normalized spacial score (nSPS) is 11.9. The second-order valence-electron chi connectivity index (χ2n) is 2.70. The van der Waals surface area contributed by atoms with E-state index in [9.17, 15) is 9.59 Å². The van der Waals surface area contributed by atoms with Gasteiger partial charge in [0.2, 0.25) is 0 Å². The summed E-state index contributed by atoms with van der Waals surface area (Å²) in [5.41, 5.74) is 0. The van der Waals surface area contributed by atoms with Gasteiger partial charge in [-0.2, -0.15) is 0 Å². The zero-order chi connectivity index (χ0) is 10.6. The highest BCUT2D eigenvalue weighted by atomic mass is 16.5. The van der Waals surface area contributed by atoms with Crippen molar-refractivity contribution in [2.45, 2.75) is 13.0 Å². The van der Waals surface area contributed by atoms with E-state index in [1.807, 2.05) is 0 Å². The molecule has 0 aliphatic heterocycles. The molecule has 0 fully saturated rings. The van der Waals surface area contributed by atoms with E-state index in [1.165, 1.54) is 26.4 Å². The summed E-state index contributed by atoms with van der Waals surface area (Å²) in [6.07, 6.45) is 1.39. The minimum Gasteiger partial charge on any atom is -0.467 e. The number of ether oxygens (including phenoxy) is 1. The minimum atomic E-state index is -0.683. The molecule has 0 saturated heterocycles. The predicted octanol–water partition coefficient (Wildman–Crippen LogP) is 0.571. The summed E-state index contributed by atoms with van der Waals surface area (Å²) in [6.45, 7) is 1.53. The monoisotopic (exact) mass is 197 g/mol. The number of hydrogen-bond donors (Lipinski definition) is 1. The quantitative estimate of drug-likeness (QED) is 0.719. The smallest absolute Gasteiger partial charge is 0.328 e. The van der Waals surface area contributed by atoms with Crippen LogP contribution in [-0.4, -0.2) is 25.0 Å². The van der Waals surface area contributed by atoms with Crippen LogP contribution in [0, 0.1) is 0 Å². The summed E-state index contributed by atoms with van der Waals surface area (Å²) in [5.74, 6) is -0.765. The number of methoxy groups -OCH3 is 1. The molecular weight excluding hydrogens is 186 g/mol. The first-order valence-corrected chi connectivity index (χ1v) is 4.07. The molecule has 1 rings (SSSR count). The maximum absolute atomic E-state index is 11.3. The Morgan fingerprint density at radius 3 is 2.79 bits per heavy atom. The summed E-state index contributed by atoms with van der Waals surface area (Å²) in [5, 5.41) is 2.43. The Balaban J connectivity index is 2.53. The van der Waals surface area contributed by atoms with Gasteiger partial charge < -0.3 is 14.5 Å². The number of amides is 1. The molecule has 1 N–H and O–H groups in total. The molecule has 1 aromatic heterocycles. The molecule has 76 valence electrons. The lowest BCUT2D eigenvalue weighted by atomic mass is 10.3. The molecule has 1 atom stereocenters. The zero-order valence-corrected chi connectivity index (χ0v) is 7.94. The Kier molecular flexibility index (Phi) is 3.28. The van der Waals surface area contributed by atoms with Gasteiger partial charge in [-0.1, -0.05) is 0 Å². The molecule has 0 bridgehead atoms. The molecule has 5 nitrogen and oxygen atoms in total. The third-order valence-electron chi connectivity index (χ3n) is 1.65. The van der Waals surface area contributed by atoms with Crippen molar-refractivity contribution in [2.24, 2.45) is 0 Å². The fourth-order valence-corrected chi connectivity index (χ4v) is 0.911. The van der Waals surface area contributed by atoms with E-state index in [4.69, 9.17) is 4.42 Å². The predicted molar refractivity (Wildman–Crippen MR) is 47.7 cm³/mol. The SMILES string of the molecule is COC(=O)[C@H](C)NC(=O)c1ccco1. The van der Waals surface area contributed by atoms with E-state index in [2.05, 4.69) is 10.1 Å². The number of rotatable bonds is 3. The van der Waals surface area contributed by atoms with E-state index in [0.29, 0.717) is 0 Å². The maximum atomic E-state index is 11.3. The standard InChI is InChI=1S/C9H11NO4/c1-6(9(12)13-2)10-8(11)7-4-3-5-14-7/h3-6H,1-2H3,(H,10,11)/t6-/m0/s1. The lowest BCUT2D eigenvalue weighted by Gasteiger charge is -2.09. The van der Waals surface area contributed by atoms with Gasteiger partial charge in [-0.15, -0.1) is 0 Å². The highest BCUT2D eigenvalue weighted by molar-refractivity contribution is 5.94. The van der Waals surface area contributed by atoms with E-state index >= 15 is 0 Å². The lowest BCUT2D eigenvalue weighted by molar-refractivity contribution is -0.142. The van der Waals surface area contributed by atoms with Crippen molar-refractivity contribution < 1.29 is 18.7 Å². The van der Waals surface area contributed by atoms with Crippen molar-refractivity contribution in [3.8, 4) is 0 Å². The van der Waals surface area contributed by atoms with Crippen LogP contribution in [0.25, 0.3) is 0 Å². The van der Waals surface area contributed by atoms with Crippen LogP contribution in [0.3, 0.4) is 0 Å². The molecule has 5 heteroatoms. The summed E-state index contributed by atoms with van der Waals surface area (Å²) in [6, 6.07) is 2.43. The van der Waals surface area contributed by atoms with Gasteiger partial charge in [-0.3, -0.25) is 4.79 Å². The molecule has 0 saturated carbocycles. The molecule has 1 heterocycles. The Morgan fingerprint density at radius 2 is 2.29 bits per heavy atom. The van der Waals surface area contributed by atoms with Gasteiger partial charge >= 0.3 is 5.97 Å². The Labute approximate surface area is 81.0 Å². The minimum absolute atomic E-state index is 0.167. The van der Waals surface area contributed by atoms with Gasteiger partial charge in [0, 0.05) is 0 Å². The number of carbonyl (C=O) groups excluding carboxylic acids is 2. The van der Waals surface area contributed by atoms with Crippen molar-refractivity contribution >= 4 is 11.9 Å². The van der Waals surface area contributed by atoms with Gasteiger partial charge in [0.25, 0.3) is 5.91 Å². The summed E-state index contributed by atoms with van der Waals surface area (Å²) in [4.78, 5) is 22.3. The molecule has 0 spiro atoms. The third kappa shape index (κ3) is 2.35. The second-order valence-corrected chi connectivity index (χ2v) is 2.70. The molecule has 0 radical (unpaired) electrons. The van der Waals surface area contributed by atoms with Crippen LogP contribution in [0.2, 0.25) is 0 Å². The fraction of sp³-hybridized carbons (Fsp3) is 0.333. The number of hydrogen-bond acceptors (Lipinski definition) is 4. The highest BCUT2D eigenvalue weighted by Gasteiger charge is 2.17. The Hall–Kier alpha value is -1.78. The van der Waals surface area contributed by atoms with Gasteiger partial charge in [-0.25, -0.2) is 4.79 Å². The van der Waals surface area contributed by atoms with E-state index in [0.717, 1.165) is 0 Å². The van der Waals surface area contributed by atoms with Gasteiger partial charge in [0.05, 0.1) is 13.4 Å². The summed E-state index contributed by atoms with van der Waals surface area (Å²) >= 11 is 0. The maximum Gasteiger partial charge on any atom is 0.328 e. The number of furan rings is 1. The Bertz CT molecular complexity index is 318.